The van der Waals surface area contributed by atoms with E-state index in [0.29, 0.717) is 0 Å². The van der Waals surface area contributed by atoms with E-state index in [9.17, 15) is 13.2 Å². The quantitative estimate of drug-likeness (QED) is 0.913. The third-order valence-corrected chi connectivity index (χ3v) is 3.32. The van der Waals surface area contributed by atoms with Gasteiger partial charge in [0.1, 0.15) is 0 Å². The van der Waals surface area contributed by atoms with Crippen molar-refractivity contribution in [3.05, 3.63) is 30.1 Å². The second-order valence-corrected chi connectivity index (χ2v) is 4.71. The molecule has 106 valence electrons. The van der Waals surface area contributed by atoms with E-state index in [1.807, 2.05) is 12.1 Å². The summed E-state index contributed by atoms with van der Waals surface area (Å²) in [4.78, 5) is 6.31. The van der Waals surface area contributed by atoms with Crippen LogP contribution in [-0.4, -0.2) is 42.2 Å². The van der Waals surface area contributed by atoms with Gasteiger partial charge in [0.05, 0.1) is 11.7 Å². The highest BCUT2D eigenvalue weighted by Gasteiger charge is 2.31. The predicted octanol–water partition coefficient (Wildman–Crippen LogP) is 2.37. The van der Waals surface area contributed by atoms with E-state index < -0.39 is 12.6 Å². The molecule has 1 atom stereocenters. The summed E-state index contributed by atoms with van der Waals surface area (Å²) >= 11 is 0. The summed E-state index contributed by atoms with van der Waals surface area (Å²) in [5, 5.41) is 3.21. The van der Waals surface area contributed by atoms with Gasteiger partial charge in [-0.25, -0.2) is 0 Å². The molecule has 0 unspecified atom stereocenters. The number of halogens is 3. The molecule has 1 aromatic rings. The smallest absolute Gasteiger partial charge is 0.314 e. The molecule has 0 aromatic carbocycles. The average Bonchev–Trinajstić information content (AvgIpc) is 2.40. The zero-order valence-corrected chi connectivity index (χ0v) is 10.7. The minimum Gasteiger partial charge on any atom is -0.314 e. The van der Waals surface area contributed by atoms with Crippen LogP contribution in [0.25, 0.3) is 0 Å². The molecule has 1 saturated heterocycles. The summed E-state index contributed by atoms with van der Waals surface area (Å²) in [6.07, 6.45) is -3.17. The first-order valence-corrected chi connectivity index (χ1v) is 6.49. The summed E-state index contributed by atoms with van der Waals surface area (Å²) < 4.78 is 37.3. The van der Waals surface area contributed by atoms with Gasteiger partial charge in [0.2, 0.25) is 0 Å². The van der Waals surface area contributed by atoms with Gasteiger partial charge in [-0.3, -0.25) is 9.88 Å². The normalized spacial score (nSPS) is 19.3. The zero-order chi connectivity index (χ0) is 13.7. The maximum Gasteiger partial charge on any atom is 0.389 e. The fourth-order valence-corrected chi connectivity index (χ4v) is 2.38. The minimum atomic E-state index is -4.11. The molecule has 1 fully saturated rings. The van der Waals surface area contributed by atoms with Gasteiger partial charge >= 0.3 is 6.18 Å². The Hall–Kier alpha value is -1.14. The molecule has 1 aromatic heterocycles. The average molecular weight is 273 g/mol. The van der Waals surface area contributed by atoms with E-state index in [4.69, 9.17) is 0 Å². The van der Waals surface area contributed by atoms with Gasteiger partial charge in [0, 0.05) is 38.8 Å². The largest absolute Gasteiger partial charge is 0.389 e. The third-order valence-electron chi connectivity index (χ3n) is 3.32. The highest BCUT2D eigenvalue weighted by molar-refractivity contribution is 5.09. The van der Waals surface area contributed by atoms with E-state index in [1.54, 1.807) is 12.3 Å². The minimum absolute atomic E-state index is 0.0700. The Balaban J connectivity index is 2.08. The molecule has 0 saturated carbocycles. The topological polar surface area (TPSA) is 28.2 Å². The summed E-state index contributed by atoms with van der Waals surface area (Å²) in [5.41, 5.74) is 0.730. The lowest BCUT2D eigenvalue weighted by Crippen LogP contribution is -2.45. The molecule has 1 aliphatic heterocycles. The fraction of sp³-hybridized carbons (Fsp3) is 0.615. The monoisotopic (exact) mass is 273 g/mol. The van der Waals surface area contributed by atoms with Crippen LogP contribution < -0.4 is 5.32 Å². The van der Waals surface area contributed by atoms with Gasteiger partial charge in [-0.2, -0.15) is 13.2 Å². The zero-order valence-electron chi connectivity index (χ0n) is 10.7. The van der Waals surface area contributed by atoms with Gasteiger partial charge < -0.3 is 5.32 Å². The van der Waals surface area contributed by atoms with Crippen molar-refractivity contribution < 1.29 is 13.2 Å². The number of piperazine rings is 1. The fourth-order valence-electron chi connectivity index (χ4n) is 2.38. The lowest BCUT2D eigenvalue weighted by molar-refractivity contribution is -0.138. The summed E-state index contributed by atoms with van der Waals surface area (Å²) in [7, 11) is 0. The number of rotatable bonds is 4. The van der Waals surface area contributed by atoms with Crippen molar-refractivity contribution in [1.82, 2.24) is 15.2 Å². The Morgan fingerprint density at radius 3 is 2.58 bits per heavy atom. The SMILES string of the molecule is FC(F)(F)CC[C@@H](c1ccccn1)N1CCNCC1. The molecule has 0 spiro atoms. The van der Waals surface area contributed by atoms with Crippen molar-refractivity contribution in [1.29, 1.82) is 0 Å². The van der Waals surface area contributed by atoms with Crippen molar-refractivity contribution in [2.24, 2.45) is 0 Å². The lowest BCUT2D eigenvalue weighted by atomic mass is 10.0. The first-order chi connectivity index (χ1) is 9.06. The Bertz CT molecular complexity index is 374. The summed E-state index contributed by atoms with van der Waals surface area (Å²) in [6, 6.07) is 5.17. The van der Waals surface area contributed by atoms with Gasteiger partial charge in [-0.15, -0.1) is 0 Å². The van der Waals surface area contributed by atoms with Crippen LogP contribution in [-0.2, 0) is 0 Å². The van der Waals surface area contributed by atoms with Crippen LogP contribution in [0.15, 0.2) is 24.4 Å². The molecule has 0 radical (unpaired) electrons. The first kappa shape index (κ1) is 14.3. The molecule has 19 heavy (non-hydrogen) atoms. The highest BCUT2D eigenvalue weighted by Crippen LogP contribution is 2.30. The van der Waals surface area contributed by atoms with E-state index in [2.05, 4.69) is 15.2 Å². The number of nitrogens with zero attached hydrogens (tertiary/aromatic N) is 2. The van der Waals surface area contributed by atoms with E-state index in [0.717, 1.165) is 31.9 Å². The molecule has 1 aliphatic rings. The maximum absolute atomic E-state index is 12.4. The molecule has 0 amide bonds. The Kier molecular flexibility index (Phi) is 4.76. The molecule has 2 heterocycles. The van der Waals surface area contributed by atoms with Crippen LogP contribution in [0, 0.1) is 0 Å². The van der Waals surface area contributed by atoms with Gasteiger partial charge in [-0.05, 0) is 18.6 Å². The standard InChI is InChI=1S/C13H18F3N3/c14-13(15,16)5-4-12(11-3-1-2-6-18-11)19-9-7-17-8-10-19/h1-3,6,12,17H,4-5,7-10H2/t12-/m0/s1. The van der Waals surface area contributed by atoms with E-state index in [-0.39, 0.29) is 12.5 Å². The van der Waals surface area contributed by atoms with Crippen molar-refractivity contribution in [2.45, 2.75) is 25.1 Å². The van der Waals surface area contributed by atoms with Gasteiger partial charge in [0.15, 0.2) is 0 Å². The second-order valence-electron chi connectivity index (χ2n) is 4.71. The molecular weight excluding hydrogens is 255 g/mol. The van der Waals surface area contributed by atoms with Crippen LogP contribution in [0.5, 0.6) is 0 Å². The molecule has 3 nitrogen and oxygen atoms in total. The van der Waals surface area contributed by atoms with Gasteiger partial charge in [-0.1, -0.05) is 6.07 Å². The number of alkyl halides is 3. The Morgan fingerprint density at radius 1 is 1.26 bits per heavy atom. The number of hydrogen-bond donors (Lipinski definition) is 1. The van der Waals surface area contributed by atoms with Crippen LogP contribution >= 0.6 is 0 Å². The second kappa shape index (κ2) is 6.34. The third kappa shape index (κ3) is 4.47. The number of aromatic nitrogens is 1. The van der Waals surface area contributed by atoms with E-state index in [1.165, 1.54) is 0 Å². The summed E-state index contributed by atoms with van der Waals surface area (Å²) in [5.74, 6) is 0. The molecule has 6 heteroatoms. The van der Waals surface area contributed by atoms with Crippen molar-refractivity contribution in [2.75, 3.05) is 26.2 Å². The Morgan fingerprint density at radius 2 is 2.00 bits per heavy atom. The molecule has 0 aliphatic carbocycles. The van der Waals surface area contributed by atoms with Gasteiger partial charge in [0.25, 0.3) is 0 Å². The van der Waals surface area contributed by atoms with Crippen LogP contribution in [0.3, 0.4) is 0 Å². The lowest BCUT2D eigenvalue weighted by Gasteiger charge is -2.34. The molecule has 1 N–H and O–H groups in total. The van der Waals surface area contributed by atoms with E-state index >= 15 is 0 Å². The van der Waals surface area contributed by atoms with Crippen molar-refractivity contribution in [3.8, 4) is 0 Å². The summed E-state index contributed by atoms with van der Waals surface area (Å²) in [6.45, 7) is 3.16. The highest BCUT2D eigenvalue weighted by atomic mass is 19.4. The molecule has 2 rings (SSSR count). The van der Waals surface area contributed by atoms with Crippen LogP contribution in [0.2, 0.25) is 0 Å². The van der Waals surface area contributed by atoms with Crippen molar-refractivity contribution >= 4 is 0 Å². The molecule has 0 bridgehead atoms. The molecular formula is C13H18F3N3. The predicted molar refractivity (Wildman–Crippen MR) is 66.7 cm³/mol. The maximum atomic E-state index is 12.4. The number of pyridine rings is 1. The number of hydrogen-bond acceptors (Lipinski definition) is 3. The Labute approximate surface area is 110 Å². The van der Waals surface area contributed by atoms with Crippen LogP contribution in [0.1, 0.15) is 24.6 Å². The van der Waals surface area contributed by atoms with Crippen LogP contribution in [0.4, 0.5) is 13.2 Å². The number of nitrogens with one attached hydrogen (secondary N) is 1. The first-order valence-electron chi connectivity index (χ1n) is 6.49. The van der Waals surface area contributed by atoms with Crippen molar-refractivity contribution in [3.63, 3.8) is 0 Å².